The van der Waals surface area contributed by atoms with Crippen molar-refractivity contribution in [2.75, 3.05) is 20.2 Å². The van der Waals surface area contributed by atoms with Crippen molar-refractivity contribution in [3.05, 3.63) is 82.3 Å². The molecule has 30 heavy (non-hydrogen) atoms. The quantitative estimate of drug-likeness (QED) is 0.544. The Labute approximate surface area is 179 Å². The van der Waals surface area contributed by atoms with E-state index in [4.69, 9.17) is 4.74 Å². The van der Waals surface area contributed by atoms with E-state index in [2.05, 4.69) is 4.72 Å². The number of carbonyl (C=O) groups excluding carboxylic acids is 1. The van der Waals surface area contributed by atoms with E-state index in [9.17, 15) is 17.6 Å². The van der Waals surface area contributed by atoms with Crippen molar-refractivity contribution in [1.82, 2.24) is 9.62 Å². The highest BCUT2D eigenvalue weighted by molar-refractivity contribution is 7.89. The fraction of sp³-hybridized carbons (Fsp3) is 0.190. The van der Waals surface area contributed by atoms with Gasteiger partial charge in [0.25, 0.3) is 5.91 Å². The van der Waals surface area contributed by atoms with Crippen LogP contribution in [0.5, 0.6) is 5.75 Å². The molecule has 0 atom stereocenters. The number of rotatable bonds is 9. The number of sulfonamides is 1. The molecular formula is C21H21FN2O4S2. The van der Waals surface area contributed by atoms with Gasteiger partial charge in [0.05, 0.1) is 11.4 Å². The lowest BCUT2D eigenvalue weighted by Crippen LogP contribution is -2.31. The minimum Gasteiger partial charge on any atom is -0.489 e. The molecule has 0 spiro atoms. The minimum atomic E-state index is -3.76. The van der Waals surface area contributed by atoms with Crippen LogP contribution in [0.3, 0.4) is 0 Å². The van der Waals surface area contributed by atoms with Crippen LogP contribution in [-0.2, 0) is 16.6 Å². The molecule has 0 bridgehead atoms. The van der Waals surface area contributed by atoms with Crippen LogP contribution in [-0.4, -0.2) is 39.4 Å². The van der Waals surface area contributed by atoms with E-state index in [1.807, 2.05) is 17.5 Å². The van der Waals surface area contributed by atoms with Crippen molar-refractivity contribution >= 4 is 27.3 Å². The first-order valence-electron chi connectivity index (χ1n) is 9.12. The molecule has 0 aliphatic rings. The van der Waals surface area contributed by atoms with E-state index < -0.39 is 15.8 Å². The van der Waals surface area contributed by atoms with E-state index >= 15 is 0 Å². The summed E-state index contributed by atoms with van der Waals surface area (Å²) in [5, 5.41) is 1.87. The fourth-order valence-corrected chi connectivity index (χ4v) is 4.42. The smallest absolute Gasteiger partial charge is 0.253 e. The third kappa shape index (κ3) is 5.65. The zero-order valence-corrected chi connectivity index (χ0v) is 17.9. The molecule has 1 aromatic heterocycles. The maximum Gasteiger partial charge on any atom is 0.253 e. The third-order valence-corrected chi connectivity index (χ3v) is 6.55. The second-order valence-corrected chi connectivity index (χ2v) is 9.24. The molecule has 1 heterocycles. The van der Waals surface area contributed by atoms with Gasteiger partial charge in [0.2, 0.25) is 10.0 Å². The first-order chi connectivity index (χ1) is 14.4. The zero-order chi connectivity index (χ0) is 21.6. The normalized spacial score (nSPS) is 11.3. The van der Waals surface area contributed by atoms with Crippen LogP contribution >= 0.6 is 11.3 Å². The van der Waals surface area contributed by atoms with Crippen LogP contribution < -0.4 is 9.46 Å². The van der Waals surface area contributed by atoms with Crippen molar-refractivity contribution in [1.29, 1.82) is 0 Å². The maximum absolute atomic E-state index is 13.6. The van der Waals surface area contributed by atoms with Gasteiger partial charge in [0.1, 0.15) is 6.61 Å². The lowest BCUT2D eigenvalue weighted by Gasteiger charge is -2.18. The first-order valence-corrected chi connectivity index (χ1v) is 11.5. The molecule has 0 saturated carbocycles. The van der Waals surface area contributed by atoms with Gasteiger partial charge in [-0.1, -0.05) is 24.3 Å². The van der Waals surface area contributed by atoms with Crippen LogP contribution in [0.25, 0.3) is 0 Å². The van der Waals surface area contributed by atoms with E-state index in [1.54, 1.807) is 25.2 Å². The molecule has 0 fully saturated rings. The monoisotopic (exact) mass is 448 g/mol. The highest BCUT2D eigenvalue weighted by Gasteiger charge is 2.18. The molecule has 0 radical (unpaired) electrons. The summed E-state index contributed by atoms with van der Waals surface area (Å²) in [7, 11) is -2.18. The Morgan fingerprint density at radius 3 is 2.67 bits per heavy atom. The molecule has 1 N–H and O–H groups in total. The molecule has 2 aromatic carbocycles. The number of hydrogen-bond acceptors (Lipinski definition) is 5. The average molecular weight is 449 g/mol. The van der Waals surface area contributed by atoms with Crippen LogP contribution in [0.2, 0.25) is 0 Å². The summed E-state index contributed by atoms with van der Waals surface area (Å²) >= 11 is 1.45. The number of hydrogen-bond donors (Lipinski definition) is 1. The Bertz CT molecular complexity index is 1100. The summed E-state index contributed by atoms with van der Waals surface area (Å²) < 4.78 is 46.6. The minimum absolute atomic E-state index is 0.0147. The molecule has 1 amide bonds. The second kappa shape index (κ2) is 9.84. The highest BCUT2D eigenvalue weighted by atomic mass is 32.2. The average Bonchev–Trinajstić information content (AvgIpc) is 3.27. The number of para-hydroxylation sites is 1. The largest absolute Gasteiger partial charge is 0.489 e. The lowest BCUT2D eigenvalue weighted by atomic mass is 10.2. The Morgan fingerprint density at radius 2 is 1.93 bits per heavy atom. The number of benzene rings is 2. The fourth-order valence-electron chi connectivity index (χ4n) is 2.64. The number of likely N-dealkylation sites (N-methyl/N-ethyl adjacent to an activating group) is 1. The summed E-state index contributed by atoms with van der Waals surface area (Å²) in [4.78, 5) is 15.0. The Balaban J connectivity index is 1.61. The van der Waals surface area contributed by atoms with Crippen molar-refractivity contribution in [2.45, 2.75) is 11.4 Å². The van der Waals surface area contributed by atoms with E-state index in [0.29, 0.717) is 0 Å². The van der Waals surface area contributed by atoms with Gasteiger partial charge in [-0.15, -0.1) is 11.3 Å². The van der Waals surface area contributed by atoms with E-state index in [1.165, 1.54) is 46.6 Å². The second-order valence-electron chi connectivity index (χ2n) is 6.44. The first kappa shape index (κ1) is 21.9. The van der Waals surface area contributed by atoms with Gasteiger partial charge in [-0.25, -0.2) is 17.5 Å². The van der Waals surface area contributed by atoms with Gasteiger partial charge < -0.3 is 9.64 Å². The van der Waals surface area contributed by atoms with Crippen molar-refractivity contribution in [3.8, 4) is 5.75 Å². The third-order valence-electron chi connectivity index (χ3n) is 4.28. The Morgan fingerprint density at radius 1 is 1.13 bits per heavy atom. The predicted molar refractivity (Wildman–Crippen MR) is 114 cm³/mol. The summed E-state index contributed by atoms with van der Waals surface area (Å²) in [6, 6.07) is 15.6. The van der Waals surface area contributed by atoms with Crippen molar-refractivity contribution in [2.24, 2.45) is 0 Å². The van der Waals surface area contributed by atoms with Gasteiger partial charge in [-0.2, -0.15) is 0 Å². The highest BCUT2D eigenvalue weighted by Crippen LogP contribution is 2.17. The maximum atomic E-state index is 13.6. The van der Waals surface area contributed by atoms with Gasteiger partial charge >= 0.3 is 0 Å². The molecule has 0 unspecified atom stereocenters. The van der Waals surface area contributed by atoms with Crippen molar-refractivity contribution < 1.29 is 22.3 Å². The SMILES string of the molecule is CN(CCOc1ccccc1F)C(=O)c1cccc(S(=O)(=O)NCc2cccs2)c1. The molecule has 3 rings (SSSR count). The van der Waals surface area contributed by atoms with E-state index in [-0.39, 0.29) is 41.8 Å². The summed E-state index contributed by atoms with van der Waals surface area (Å²) in [6.07, 6.45) is 0. The van der Waals surface area contributed by atoms with Crippen LogP contribution in [0.1, 0.15) is 15.2 Å². The van der Waals surface area contributed by atoms with Crippen LogP contribution in [0.4, 0.5) is 4.39 Å². The predicted octanol–water partition coefficient (Wildman–Crippen LogP) is 3.52. The lowest BCUT2D eigenvalue weighted by molar-refractivity contribution is 0.0772. The van der Waals surface area contributed by atoms with Gasteiger partial charge in [-0.05, 0) is 41.8 Å². The molecular weight excluding hydrogens is 427 g/mol. The molecule has 6 nitrogen and oxygen atoms in total. The standard InChI is InChI=1S/C21H21FN2O4S2/c1-24(11-12-28-20-10-3-2-9-19(20)22)21(25)16-6-4-8-18(14-16)30(26,27)23-15-17-7-5-13-29-17/h2-10,13-14,23H,11-12,15H2,1H3. The number of thiophene rings is 1. The van der Waals surface area contributed by atoms with Crippen molar-refractivity contribution in [3.63, 3.8) is 0 Å². The van der Waals surface area contributed by atoms with Crippen LogP contribution in [0, 0.1) is 5.82 Å². The molecule has 158 valence electrons. The molecule has 0 aliphatic carbocycles. The number of nitrogens with zero attached hydrogens (tertiary/aromatic N) is 1. The molecule has 0 aliphatic heterocycles. The number of carbonyl (C=O) groups is 1. The van der Waals surface area contributed by atoms with Gasteiger partial charge in [-0.3, -0.25) is 4.79 Å². The number of nitrogens with one attached hydrogen (secondary N) is 1. The van der Waals surface area contributed by atoms with E-state index in [0.717, 1.165) is 4.88 Å². The zero-order valence-electron chi connectivity index (χ0n) is 16.2. The van der Waals surface area contributed by atoms with Crippen LogP contribution in [0.15, 0.2) is 70.9 Å². The topological polar surface area (TPSA) is 75.7 Å². The van der Waals surface area contributed by atoms with Gasteiger partial charge in [0.15, 0.2) is 11.6 Å². The summed E-state index contributed by atoms with van der Waals surface area (Å²) in [5.74, 6) is -0.717. The number of halogens is 1. The Kier molecular flexibility index (Phi) is 7.20. The number of ether oxygens (including phenoxy) is 1. The Hall–Kier alpha value is -2.75. The molecule has 3 aromatic rings. The number of amides is 1. The summed E-state index contributed by atoms with van der Waals surface area (Å²) in [6.45, 7) is 0.496. The molecule has 9 heteroatoms. The summed E-state index contributed by atoms with van der Waals surface area (Å²) in [5.41, 5.74) is 0.238. The molecule has 0 saturated heterocycles. The van der Waals surface area contributed by atoms with Gasteiger partial charge in [0, 0.05) is 24.0 Å².